The molecule has 0 aromatic rings. The Morgan fingerprint density at radius 2 is 1.92 bits per heavy atom. The summed E-state index contributed by atoms with van der Waals surface area (Å²) in [6.07, 6.45) is 1.87. The summed E-state index contributed by atoms with van der Waals surface area (Å²) < 4.78 is 0. The molecule has 1 aliphatic rings. The Labute approximate surface area is 148 Å². The van der Waals surface area contributed by atoms with E-state index in [4.69, 9.17) is 0 Å². The fourth-order valence-electron chi connectivity index (χ4n) is 3.21. The number of aliphatic hydroxyl groups is 1. The maximum absolute atomic E-state index is 12.1. The number of urea groups is 1. The first-order valence-electron chi connectivity index (χ1n) is 9.19. The largest absolute Gasteiger partial charge is 0.390 e. The van der Waals surface area contributed by atoms with E-state index in [9.17, 15) is 9.90 Å². The monoisotopic (exact) mass is 342 g/mol. The molecule has 1 heterocycles. The number of hydrogen-bond donors (Lipinski definition) is 3. The Balaban J connectivity index is 2.27. The van der Waals surface area contributed by atoms with Gasteiger partial charge in [0.05, 0.1) is 6.10 Å². The van der Waals surface area contributed by atoms with Gasteiger partial charge in [0.15, 0.2) is 0 Å². The Bertz CT molecular complexity index is 379. The summed E-state index contributed by atoms with van der Waals surface area (Å²) in [5, 5.41) is 15.9. The highest BCUT2D eigenvalue weighted by atomic mass is 16.3. The van der Waals surface area contributed by atoms with Gasteiger partial charge < -0.3 is 25.5 Å². The van der Waals surface area contributed by atoms with Crippen molar-refractivity contribution >= 4 is 6.03 Å². The molecular weight excluding hydrogens is 304 g/mol. The van der Waals surface area contributed by atoms with Crippen molar-refractivity contribution in [2.75, 3.05) is 46.8 Å². The Morgan fingerprint density at radius 1 is 1.33 bits per heavy atom. The van der Waals surface area contributed by atoms with Crippen LogP contribution in [0, 0.1) is 11.3 Å². The van der Waals surface area contributed by atoms with Crippen molar-refractivity contribution in [3.05, 3.63) is 0 Å². The second-order valence-corrected chi connectivity index (χ2v) is 8.44. The summed E-state index contributed by atoms with van der Waals surface area (Å²) in [4.78, 5) is 16.5. The summed E-state index contributed by atoms with van der Waals surface area (Å²) in [6.45, 7) is 12.5. The zero-order valence-corrected chi connectivity index (χ0v) is 16.4. The first-order valence-corrected chi connectivity index (χ1v) is 9.19. The minimum Gasteiger partial charge on any atom is -0.390 e. The number of piperidine rings is 1. The average Bonchev–Trinajstić information content (AvgIpc) is 2.46. The second-order valence-electron chi connectivity index (χ2n) is 8.44. The fraction of sp³-hybridized carbons (Fsp3) is 0.944. The molecule has 0 spiro atoms. The molecule has 1 fully saturated rings. The molecule has 6 heteroatoms. The second kappa shape index (κ2) is 9.59. The van der Waals surface area contributed by atoms with Gasteiger partial charge >= 0.3 is 6.03 Å². The molecule has 0 bridgehead atoms. The number of nitrogens with one attached hydrogen (secondary N) is 2. The van der Waals surface area contributed by atoms with E-state index in [0.717, 1.165) is 25.6 Å². The molecule has 0 aromatic carbocycles. The van der Waals surface area contributed by atoms with Crippen LogP contribution in [0.15, 0.2) is 0 Å². The molecule has 3 N–H and O–H groups in total. The van der Waals surface area contributed by atoms with Crippen molar-refractivity contribution in [2.24, 2.45) is 11.3 Å². The first kappa shape index (κ1) is 21.2. The van der Waals surface area contributed by atoms with Crippen LogP contribution in [0.5, 0.6) is 0 Å². The SMILES string of the molecule is CC1CCN(CC(O)CNC(=O)NC(C)C(C)(C)CN(C)C)CC1. The number of carbonyl (C=O) groups excluding carboxylic acids is 1. The van der Waals surface area contributed by atoms with Gasteiger partial charge in [-0.25, -0.2) is 4.79 Å². The first-order chi connectivity index (χ1) is 11.1. The number of hydrogen-bond acceptors (Lipinski definition) is 4. The lowest BCUT2D eigenvalue weighted by molar-refractivity contribution is 0.0916. The lowest BCUT2D eigenvalue weighted by Gasteiger charge is -2.35. The van der Waals surface area contributed by atoms with E-state index >= 15 is 0 Å². The van der Waals surface area contributed by atoms with Gasteiger partial charge in [0, 0.05) is 25.7 Å². The van der Waals surface area contributed by atoms with Crippen LogP contribution in [0.4, 0.5) is 4.79 Å². The van der Waals surface area contributed by atoms with Gasteiger partial charge in [-0.05, 0) is 58.3 Å². The maximum atomic E-state index is 12.1. The van der Waals surface area contributed by atoms with E-state index in [1.165, 1.54) is 12.8 Å². The average molecular weight is 343 g/mol. The highest BCUT2D eigenvalue weighted by Crippen LogP contribution is 2.21. The van der Waals surface area contributed by atoms with Crippen molar-refractivity contribution in [2.45, 2.75) is 52.7 Å². The number of aliphatic hydroxyl groups excluding tert-OH is 1. The number of amides is 2. The van der Waals surface area contributed by atoms with Crippen LogP contribution in [-0.2, 0) is 0 Å². The van der Waals surface area contributed by atoms with E-state index in [-0.39, 0.29) is 17.5 Å². The number of nitrogens with zero attached hydrogens (tertiary/aromatic N) is 2. The maximum Gasteiger partial charge on any atom is 0.315 e. The summed E-state index contributed by atoms with van der Waals surface area (Å²) >= 11 is 0. The smallest absolute Gasteiger partial charge is 0.315 e. The fourth-order valence-corrected chi connectivity index (χ4v) is 3.21. The normalized spacial score (nSPS) is 20.0. The lowest BCUT2D eigenvalue weighted by Crippen LogP contribution is -2.52. The van der Waals surface area contributed by atoms with Gasteiger partial charge in [-0.15, -0.1) is 0 Å². The molecule has 2 amide bonds. The zero-order chi connectivity index (χ0) is 18.3. The predicted octanol–water partition coefficient (Wildman–Crippen LogP) is 1.35. The van der Waals surface area contributed by atoms with Gasteiger partial charge in [0.25, 0.3) is 0 Å². The minimum absolute atomic E-state index is 0.0239. The standard InChI is InChI=1S/C18H38N4O2/c1-14-7-9-22(10-8-14)12-16(23)11-19-17(24)20-15(2)18(3,4)13-21(5)6/h14-16,23H,7-13H2,1-6H3,(H2,19,20,24). The molecule has 2 unspecified atom stereocenters. The summed E-state index contributed by atoms with van der Waals surface area (Å²) in [7, 11) is 4.07. The Hall–Kier alpha value is -0.850. The molecule has 1 saturated heterocycles. The highest BCUT2D eigenvalue weighted by Gasteiger charge is 2.28. The van der Waals surface area contributed by atoms with Crippen LogP contribution in [0.25, 0.3) is 0 Å². The van der Waals surface area contributed by atoms with Gasteiger partial charge in [-0.2, -0.15) is 0 Å². The lowest BCUT2D eigenvalue weighted by atomic mass is 9.85. The van der Waals surface area contributed by atoms with E-state index in [1.54, 1.807) is 0 Å². The van der Waals surface area contributed by atoms with Crippen LogP contribution < -0.4 is 10.6 Å². The molecule has 24 heavy (non-hydrogen) atoms. The van der Waals surface area contributed by atoms with Crippen molar-refractivity contribution in [3.63, 3.8) is 0 Å². The third-order valence-corrected chi connectivity index (χ3v) is 5.09. The summed E-state index contributed by atoms with van der Waals surface area (Å²) in [5.41, 5.74) is -0.0239. The topological polar surface area (TPSA) is 67.8 Å². The number of likely N-dealkylation sites (tertiary alicyclic amines) is 1. The zero-order valence-electron chi connectivity index (χ0n) is 16.4. The third-order valence-electron chi connectivity index (χ3n) is 5.09. The molecule has 142 valence electrons. The highest BCUT2D eigenvalue weighted by molar-refractivity contribution is 5.74. The van der Waals surface area contributed by atoms with Crippen LogP contribution in [0.1, 0.15) is 40.5 Å². The molecule has 0 radical (unpaired) electrons. The number of β-amino-alcohol motifs (C(OH)–C–C–N with tert-alkyl or cyclic N) is 1. The van der Waals surface area contributed by atoms with Crippen molar-refractivity contribution in [1.29, 1.82) is 0 Å². The molecule has 1 rings (SSSR count). The summed E-state index contributed by atoms with van der Waals surface area (Å²) in [6, 6.07) is -0.165. The minimum atomic E-state index is -0.519. The molecule has 0 aliphatic carbocycles. The molecule has 6 nitrogen and oxygen atoms in total. The Morgan fingerprint density at radius 3 is 2.46 bits per heavy atom. The Kier molecular flexibility index (Phi) is 8.46. The van der Waals surface area contributed by atoms with E-state index < -0.39 is 6.10 Å². The van der Waals surface area contributed by atoms with Gasteiger partial charge in [-0.3, -0.25) is 0 Å². The van der Waals surface area contributed by atoms with Crippen LogP contribution in [0.3, 0.4) is 0 Å². The molecule has 0 aromatic heterocycles. The number of rotatable bonds is 8. The van der Waals surface area contributed by atoms with E-state index in [0.29, 0.717) is 13.1 Å². The van der Waals surface area contributed by atoms with Gasteiger partial charge in [-0.1, -0.05) is 20.8 Å². The van der Waals surface area contributed by atoms with Crippen LogP contribution >= 0.6 is 0 Å². The van der Waals surface area contributed by atoms with Gasteiger partial charge in [0.2, 0.25) is 0 Å². The van der Waals surface area contributed by atoms with Crippen LogP contribution in [-0.4, -0.2) is 79.9 Å². The van der Waals surface area contributed by atoms with E-state index in [2.05, 4.69) is 41.2 Å². The van der Waals surface area contributed by atoms with Gasteiger partial charge in [0.1, 0.15) is 0 Å². The van der Waals surface area contributed by atoms with Crippen molar-refractivity contribution in [3.8, 4) is 0 Å². The van der Waals surface area contributed by atoms with Crippen LogP contribution in [0.2, 0.25) is 0 Å². The van der Waals surface area contributed by atoms with Crippen molar-refractivity contribution in [1.82, 2.24) is 20.4 Å². The molecule has 0 saturated carbocycles. The predicted molar refractivity (Wildman–Crippen MR) is 99.2 cm³/mol. The quantitative estimate of drug-likeness (QED) is 0.623. The molecular formula is C18H38N4O2. The number of carbonyl (C=O) groups is 1. The van der Waals surface area contributed by atoms with E-state index in [1.807, 2.05) is 21.0 Å². The van der Waals surface area contributed by atoms with Crippen molar-refractivity contribution < 1.29 is 9.90 Å². The third kappa shape index (κ3) is 7.81. The molecule has 2 atom stereocenters. The molecule has 1 aliphatic heterocycles. The summed E-state index contributed by atoms with van der Waals surface area (Å²) in [5.74, 6) is 0.786.